The van der Waals surface area contributed by atoms with Crippen molar-refractivity contribution in [2.24, 2.45) is 5.73 Å². The maximum Gasteiger partial charge on any atom is 0.424 e. The number of fused-ring (bicyclic) bond motifs is 1. The minimum absolute atomic E-state index is 0.0345. The van der Waals surface area contributed by atoms with Crippen molar-refractivity contribution < 1.29 is 41.7 Å². The Bertz CT molecular complexity index is 1710. The number of nitrogens with zero attached hydrogens (tertiary/aromatic N) is 2. The van der Waals surface area contributed by atoms with Gasteiger partial charge in [0.25, 0.3) is 5.91 Å². The molecule has 1 aliphatic rings. The predicted molar refractivity (Wildman–Crippen MR) is 145 cm³/mol. The minimum Gasteiger partial charge on any atom is -0.497 e. The van der Waals surface area contributed by atoms with Crippen LogP contribution in [0.4, 0.5) is 17.6 Å². The van der Waals surface area contributed by atoms with Crippen molar-refractivity contribution in [2.45, 2.75) is 24.1 Å². The molecule has 0 saturated carbocycles. The molecule has 2 aromatic carbocycles. The molecule has 5 N–H and O–H groups in total. The molecule has 0 radical (unpaired) electrons. The van der Waals surface area contributed by atoms with Crippen LogP contribution in [0.3, 0.4) is 0 Å². The number of hydrogen-bond acceptors (Lipinski definition) is 7. The van der Waals surface area contributed by atoms with E-state index >= 15 is 0 Å². The van der Waals surface area contributed by atoms with Crippen LogP contribution in [0.2, 0.25) is 0 Å². The molecule has 224 valence electrons. The maximum atomic E-state index is 14.6. The minimum atomic E-state index is -5.36. The van der Waals surface area contributed by atoms with Crippen LogP contribution in [0, 0.1) is 5.82 Å². The van der Waals surface area contributed by atoms with Crippen LogP contribution in [0.25, 0.3) is 22.5 Å². The summed E-state index contributed by atoms with van der Waals surface area (Å²) in [6, 6.07) is 13.6. The summed E-state index contributed by atoms with van der Waals surface area (Å²) < 4.78 is 68.2. The van der Waals surface area contributed by atoms with Crippen molar-refractivity contribution in [1.29, 1.82) is 0 Å². The predicted octanol–water partition coefficient (Wildman–Crippen LogP) is 3.60. The van der Waals surface area contributed by atoms with E-state index in [1.54, 1.807) is 24.3 Å². The van der Waals surface area contributed by atoms with Crippen molar-refractivity contribution in [3.63, 3.8) is 0 Å². The number of benzene rings is 2. The number of nitrogens with two attached hydrogens (primary N) is 1. The third kappa shape index (κ3) is 5.25. The molecule has 2 aromatic heterocycles. The first kappa shape index (κ1) is 29.5. The summed E-state index contributed by atoms with van der Waals surface area (Å²) in [7, 11) is 1.48. The van der Waals surface area contributed by atoms with Crippen molar-refractivity contribution >= 4 is 11.8 Å². The van der Waals surface area contributed by atoms with Crippen molar-refractivity contribution in [3.8, 4) is 34.0 Å². The normalized spacial score (nSPS) is 17.5. The highest BCUT2D eigenvalue weighted by molar-refractivity contribution is 5.93. The highest BCUT2D eigenvalue weighted by Crippen LogP contribution is 2.47. The zero-order valence-electron chi connectivity index (χ0n) is 22.8. The lowest BCUT2D eigenvalue weighted by molar-refractivity contribution is -0.265. The van der Waals surface area contributed by atoms with Gasteiger partial charge in [-0.3, -0.25) is 14.7 Å². The average molecular weight is 600 g/mol. The number of aliphatic hydroxyl groups is 1. The number of aromatic nitrogens is 3. The SMILES string of the molecule is COc1cccc(-c2cc(C(=O)NCC(O)(c3cc4c(c(-c5ccc(F)cc5)n3)OC[C@]4(C)C(N)=O)C(F)(F)F)[nH]n2)c1. The number of alkyl halides is 3. The van der Waals surface area contributed by atoms with Gasteiger partial charge in [-0.2, -0.15) is 18.3 Å². The molecule has 0 bridgehead atoms. The lowest BCUT2D eigenvalue weighted by Crippen LogP contribution is -2.52. The molecule has 0 fully saturated rings. The summed E-state index contributed by atoms with van der Waals surface area (Å²) in [6.45, 7) is -0.273. The summed E-state index contributed by atoms with van der Waals surface area (Å²) in [5.74, 6) is -1.99. The first-order valence-corrected chi connectivity index (χ1v) is 12.8. The Kier molecular flexibility index (Phi) is 7.34. The van der Waals surface area contributed by atoms with E-state index in [2.05, 4.69) is 20.5 Å². The highest BCUT2D eigenvalue weighted by atomic mass is 19.4. The molecule has 14 heteroatoms. The van der Waals surface area contributed by atoms with Gasteiger partial charge in [0.1, 0.15) is 40.7 Å². The first-order valence-electron chi connectivity index (χ1n) is 12.8. The van der Waals surface area contributed by atoms with Gasteiger partial charge >= 0.3 is 6.18 Å². The van der Waals surface area contributed by atoms with E-state index in [1.165, 1.54) is 32.2 Å². The van der Waals surface area contributed by atoms with Crippen LogP contribution in [0.1, 0.15) is 28.7 Å². The molecule has 0 aliphatic carbocycles. The maximum absolute atomic E-state index is 14.6. The van der Waals surface area contributed by atoms with E-state index in [0.717, 1.165) is 18.2 Å². The quantitative estimate of drug-likeness (QED) is 0.226. The first-order chi connectivity index (χ1) is 20.3. The van der Waals surface area contributed by atoms with E-state index in [1.807, 2.05) is 0 Å². The third-order valence-electron chi connectivity index (χ3n) is 7.32. The smallest absolute Gasteiger partial charge is 0.424 e. The fraction of sp³-hybridized carbons (Fsp3) is 0.241. The zero-order chi connectivity index (χ0) is 31.2. The number of amides is 2. The molecule has 2 amide bonds. The number of carbonyl (C=O) groups is 2. The molecule has 1 aliphatic heterocycles. The second-order valence-electron chi connectivity index (χ2n) is 10.2. The molecule has 10 nitrogen and oxygen atoms in total. The van der Waals surface area contributed by atoms with Crippen LogP contribution in [-0.2, 0) is 15.8 Å². The molecule has 1 unspecified atom stereocenters. The van der Waals surface area contributed by atoms with E-state index in [9.17, 15) is 32.3 Å². The number of ether oxygens (including phenoxy) is 2. The van der Waals surface area contributed by atoms with Gasteiger partial charge < -0.3 is 25.6 Å². The number of aromatic amines is 1. The fourth-order valence-electron chi connectivity index (χ4n) is 4.61. The topological polar surface area (TPSA) is 152 Å². The largest absolute Gasteiger partial charge is 0.497 e. The molecule has 3 heterocycles. The second-order valence-corrected chi connectivity index (χ2v) is 10.2. The van der Waals surface area contributed by atoms with Crippen molar-refractivity contribution in [1.82, 2.24) is 20.5 Å². The Balaban J connectivity index is 1.52. The monoisotopic (exact) mass is 599 g/mol. The molecule has 0 spiro atoms. The van der Waals surface area contributed by atoms with Gasteiger partial charge in [0.2, 0.25) is 11.5 Å². The molecular formula is C29H25F4N5O5. The number of hydrogen-bond donors (Lipinski definition) is 4. The Morgan fingerprint density at radius 1 is 1.14 bits per heavy atom. The molecular weight excluding hydrogens is 574 g/mol. The van der Waals surface area contributed by atoms with Gasteiger partial charge in [-0.05, 0) is 55.5 Å². The van der Waals surface area contributed by atoms with Crippen molar-refractivity contribution in [3.05, 3.63) is 83.4 Å². The van der Waals surface area contributed by atoms with Gasteiger partial charge in [0.05, 0.1) is 25.0 Å². The summed E-state index contributed by atoms with van der Waals surface area (Å²) in [5.41, 5.74) is 0.00766. The number of rotatable bonds is 8. The summed E-state index contributed by atoms with van der Waals surface area (Å²) in [4.78, 5) is 29.3. The Morgan fingerprint density at radius 2 is 1.86 bits per heavy atom. The van der Waals surface area contributed by atoms with Crippen LogP contribution < -0.4 is 20.5 Å². The van der Waals surface area contributed by atoms with E-state index in [4.69, 9.17) is 15.2 Å². The number of carbonyl (C=O) groups excluding carboxylic acids is 2. The third-order valence-corrected chi connectivity index (χ3v) is 7.32. The zero-order valence-corrected chi connectivity index (χ0v) is 22.8. The van der Waals surface area contributed by atoms with Crippen LogP contribution >= 0.6 is 0 Å². The summed E-state index contributed by atoms with van der Waals surface area (Å²) in [6.07, 6.45) is -5.36. The number of halogens is 4. The number of nitrogens with one attached hydrogen (secondary N) is 2. The van der Waals surface area contributed by atoms with Gasteiger partial charge in [-0.15, -0.1) is 0 Å². The van der Waals surface area contributed by atoms with E-state index < -0.39 is 47.1 Å². The molecule has 4 aromatic rings. The lowest BCUT2D eigenvalue weighted by atomic mass is 9.81. The van der Waals surface area contributed by atoms with E-state index in [0.29, 0.717) is 17.0 Å². The molecule has 0 saturated heterocycles. The average Bonchev–Trinajstić information content (AvgIpc) is 3.61. The van der Waals surface area contributed by atoms with Gasteiger partial charge in [0, 0.05) is 16.7 Å². The van der Waals surface area contributed by atoms with Gasteiger partial charge in [0.15, 0.2) is 0 Å². The fourth-order valence-corrected chi connectivity index (χ4v) is 4.61. The van der Waals surface area contributed by atoms with Crippen LogP contribution in [0.15, 0.2) is 60.7 Å². The number of H-pyrrole nitrogens is 1. The van der Waals surface area contributed by atoms with Crippen LogP contribution in [0.5, 0.6) is 11.5 Å². The molecule has 2 atom stereocenters. The standard InChI is InChI=1S/C29H25F4N5O5/c1-27(26(34)40)14-43-24-19(27)11-22(36-23(24)15-6-8-17(30)9-7-15)28(41,29(31,32)33)13-35-25(39)21-12-20(37-38-21)16-4-3-5-18(10-16)42-2/h3-12,41H,13-14H2,1-2H3,(H2,34,40)(H,35,39)(H,37,38)/t27-,28?/m0/s1. The number of primary amides is 1. The van der Waals surface area contributed by atoms with Crippen molar-refractivity contribution in [2.75, 3.05) is 20.3 Å². The second kappa shape index (κ2) is 10.7. The Morgan fingerprint density at radius 3 is 2.51 bits per heavy atom. The van der Waals surface area contributed by atoms with Gasteiger partial charge in [-0.1, -0.05) is 12.1 Å². The summed E-state index contributed by atoms with van der Waals surface area (Å²) in [5, 5.41) is 19.7. The number of pyridine rings is 1. The summed E-state index contributed by atoms with van der Waals surface area (Å²) >= 11 is 0. The Labute approximate surface area is 241 Å². The lowest BCUT2D eigenvalue weighted by Gasteiger charge is -2.31. The Hall–Kier alpha value is -4.98. The highest BCUT2D eigenvalue weighted by Gasteiger charge is 2.57. The van der Waals surface area contributed by atoms with Crippen LogP contribution in [-0.4, -0.2) is 58.5 Å². The molecule has 43 heavy (non-hydrogen) atoms. The van der Waals surface area contributed by atoms with E-state index in [-0.39, 0.29) is 34.9 Å². The van der Waals surface area contributed by atoms with Gasteiger partial charge in [-0.25, -0.2) is 9.37 Å². The molecule has 5 rings (SSSR count). The number of methoxy groups -OCH3 is 1.